The number of carboxylic acids is 1. The molecule has 5 nitrogen and oxygen atoms in total. The number of piperidine rings is 1. The summed E-state index contributed by atoms with van der Waals surface area (Å²) in [5.74, 6) is -0.0257. The molecule has 2 rings (SSSR count). The lowest BCUT2D eigenvalue weighted by Crippen LogP contribution is -2.42. The first-order valence-electron chi connectivity index (χ1n) is 7.39. The third-order valence-electron chi connectivity index (χ3n) is 4.16. The minimum atomic E-state index is -0.707. The fourth-order valence-electron chi connectivity index (χ4n) is 2.74. The summed E-state index contributed by atoms with van der Waals surface area (Å²) in [5.41, 5.74) is 0. The first-order valence-corrected chi connectivity index (χ1v) is 7.39. The normalized spacial score (nSPS) is 23.4. The Morgan fingerprint density at radius 3 is 2.58 bits per heavy atom. The molecule has 0 radical (unpaired) electrons. The highest BCUT2D eigenvalue weighted by Gasteiger charge is 2.28. The highest BCUT2D eigenvalue weighted by atomic mass is 16.5. The van der Waals surface area contributed by atoms with Gasteiger partial charge in [-0.25, -0.2) is 0 Å². The topological polar surface area (TPSA) is 61.8 Å². The molecule has 2 fully saturated rings. The number of nitrogens with one attached hydrogen (secondary N) is 1. The summed E-state index contributed by atoms with van der Waals surface area (Å²) in [4.78, 5) is 13.6. The fourth-order valence-corrected chi connectivity index (χ4v) is 2.74. The van der Waals surface area contributed by atoms with Crippen LogP contribution in [0.15, 0.2) is 0 Å². The lowest BCUT2D eigenvalue weighted by atomic mass is 9.97. The number of rotatable bonds is 8. The first kappa shape index (κ1) is 14.8. The molecule has 0 bridgehead atoms. The van der Waals surface area contributed by atoms with Crippen LogP contribution in [0.2, 0.25) is 0 Å². The smallest absolute Gasteiger partial charge is 0.320 e. The molecule has 1 heterocycles. The summed E-state index contributed by atoms with van der Waals surface area (Å²) >= 11 is 0. The van der Waals surface area contributed by atoms with Crippen LogP contribution < -0.4 is 5.32 Å². The van der Waals surface area contributed by atoms with Gasteiger partial charge in [-0.15, -0.1) is 0 Å². The van der Waals surface area contributed by atoms with Gasteiger partial charge in [-0.3, -0.25) is 4.79 Å². The molecule has 5 heteroatoms. The molecule has 1 atom stereocenters. The fraction of sp³-hybridized carbons (Fsp3) is 0.929. The second kappa shape index (κ2) is 7.22. The van der Waals surface area contributed by atoms with Crippen molar-refractivity contribution < 1.29 is 14.6 Å². The Morgan fingerprint density at radius 1 is 1.37 bits per heavy atom. The average molecular weight is 270 g/mol. The van der Waals surface area contributed by atoms with Crippen LogP contribution in [-0.4, -0.2) is 61.4 Å². The van der Waals surface area contributed by atoms with Crippen molar-refractivity contribution in [2.75, 3.05) is 33.4 Å². The molecule has 19 heavy (non-hydrogen) atoms. The van der Waals surface area contributed by atoms with Gasteiger partial charge in [0.15, 0.2) is 0 Å². The maximum atomic E-state index is 11.2. The summed E-state index contributed by atoms with van der Waals surface area (Å²) in [6, 6.07) is 0.0812. The van der Waals surface area contributed by atoms with Crippen LogP contribution >= 0.6 is 0 Å². The van der Waals surface area contributed by atoms with Gasteiger partial charge >= 0.3 is 5.97 Å². The second-order valence-electron chi connectivity index (χ2n) is 5.86. The molecule has 1 unspecified atom stereocenters. The maximum Gasteiger partial charge on any atom is 0.320 e. The van der Waals surface area contributed by atoms with E-state index in [4.69, 9.17) is 4.74 Å². The molecule has 1 aliphatic carbocycles. The Kier molecular flexibility index (Phi) is 5.60. The molecule has 0 amide bonds. The van der Waals surface area contributed by atoms with Crippen molar-refractivity contribution in [3.63, 3.8) is 0 Å². The zero-order valence-corrected chi connectivity index (χ0v) is 11.8. The molecule has 2 aliphatic rings. The van der Waals surface area contributed by atoms with Gasteiger partial charge < -0.3 is 20.1 Å². The number of carboxylic acid groups (broad SMARTS) is 1. The lowest BCUT2D eigenvalue weighted by molar-refractivity contribution is -0.139. The van der Waals surface area contributed by atoms with E-state index in [2.05, 4.69) is 10.2 Å². The highest BCUT2D eigenvalue weighted by Crippen LogP contribution is 2.21. The van der Waals surface area contributed by atoms with Gasteiger partial charge in [0.05, 0.1) is 0 Å². The minimum absolute atomic E-state index is 0.371. The van der Waals surface area contributed by atoms with E-state index in [0.29, 0.717) is 18.4 Å². The highest BCUT2D eigenvalue weighted by molar-refractivity contribution is 5.73. The summed E-state index contributed by atoms with van der Waals surface area (Å²) in [7, 11) is 1.76. The summed E-state index contributed by atoms with van der Waals surface area (Å²) in [6.07, 6.45) is 5.31. The second-order valence-corrected chi connectivity index (χ2v) is 5.86. The van der Waals surface area contributed by atoms with Crippen LogP contribution in [0.4, 0.5) is 0 Å². The van der Waals surface area contributed by atoms with Crippen LogP contribution in [0.3, 0.4) is 0 Å². The van der Waals surface area contributed by atoms with Gasteiger partial charge in [0.25, 0.3) is 0 Å². The molecule has 110 valence electrons. The molecule has 0 aromatic heterocycles. The quantitative estimate of drug-likeness (QED) is 0.687. The van der Waals surface area contributed by atoms with E-state index in [1.165, 1.54) is 12.8 Å². The van der Waals surface area contributed by atoms with Crippen molar-refractivity contribution in [2.24, 2.45) is 5.92 Å². The van der Waals surface area contributed by atoms with E-state index in [1.54, 1.807) is 7.11 Å². The number of hydrogen-bond acceptors (Lipinski definition) is 4. The molecule has 2 N–H and O–H groups in total. The van der Waals surface area contributed by atoms with Crippen LogP contribution in [-0.2, 0) is 9.53 Å². The third-order valence-corrected chi connectivity index (χ3v) is 4.16. The maximum absolute atomic E-state index is 11.2. The number of ether oxygens (including phenoxy) is 1. The molecular formula is C14H26N2O3. The Bertz CT molecular complexity index is 286. The van der Waals surface area contributed by atoms with Crippen LogP contribution in [0.25, 0.3) is 0 Å². The third kappa shape index (κ3) is 5.09. The summed E-state index contributed by atoms with van der Waals surface area (Å²) < 4.78 is 5.19. The van der Waals surface area contributed by atoms with E-state index in [9.17, 15) is 9.90 Å². The van der Waals surface area contributed by atoms with Gasteiger partial charge in [0, 0.05) is 26.3 Å². The number of likely N-dealkylation sites (tertiary alicyclic amines) is 1. The first-order chi connectivity index (χ1) is 9.19. The predicted octanol–water partition coefficient (Wildman–Crippen LogP) is 0.940. The number of carbonyl (C=O) groups is 1. The monoisotopic (exact) mass is 270 g/mol. The molecule has 1 saturated heterocycles. The number of aliphatic carboxylic acids is 1. The van der Waals surface area contributed by atoms with Crippen molar-refractivity contribution in [3.8, 4) is 0 Å². The number of nitrogens with zero attached hydrogens (tertiary/aromatic N) is 1. The van der Waals surface area contributed by atoms with Gasteiger partial charge in [-0.2, -0.15) is 0 Å². The van der Waals surface area contributed by atoms with Crippen LogP contribution in [0, 0.1) is 5.92 Å². The summed E-state index contributed by atoms with van der Waals surface area (Å²) in [5, 5.41) is 12.4. The number of methoxy groups -OCH3 is 1. The standard InChI is InChI=1S/C14H26N2O3/c1-19-10-11-4-7-16(8-5-11)9-6-13(14(17)18)15-12-2-3-12/h11-13,15H,2-10H2,1H3,(H,17,18). The van der Waals surface area contributed by atoms with Crippen molar-refractivity contribution >= 4 is 5.97 Å². The van der Waals surface area contributed by atoms with Crippen LogP contribution in [0.5, 0.6) is 0 Å². The Balaban J connectivity index is 1.65. The molecule has 1 aliphatic heterocycles. The van der Waals surface area contributed by atoms with E-state index >= 15 is 0 Å². The largest absolute Gasteiger partial charge is 0.480 e. The predicted molar refractivity (Wildman–Crippen MR) is 73.2 cm³/mol. The van der Waals surface area contributed by atoms with E-state index < -0.39 is 5.97 Å². The zero-order valence-electron chi connectivity index (χ0n) is 11.8. The average Bonchev–Trinajstić information content (AvgIpc) is 3.20. The number of hydrogen-bond donors (Lipinski definition) is 2. The molecule has 0 aromatic rings. The lowest BCUT2D eigenvalue weighted by Gasteiger charge is -2.32. The van der Waals surface area contributed by atoms with Crippen molar-refractivity contribution in [2.45, 2.75) is 44.2 Å². The van der Waals surface area contributed by atoms with Gasteiger partial charge in [-0.1, -0.05) is 0 Å². The Hall–Kier alpha value is -0.650. The van der Waals surface area contributed by atoms with Gasteiger partial charge in [0.2, 0.25) is 0 Å². The van der Waals surface area contributed by atoms with Gasteiger partial charge in [-0.05, 0) is 51.1 Å². The Labute approximate surface area is 115 Å². The Morgan fingerprint density at radius 2 is 2.05 bits per heavy atom. The summed E-state index contributed by atoms with van der Waals surface area (Å²) in [6.45, 7) is 3.89. The molecule has 1 saturated carbocycles. The van der Waals surface area contributed by atoms with E-state index in [1.807, 2.05) is 0 Å². The zero-order chi connectivity index (χ0) is 13.7. The van der Waals surface area contributed by atoms with Crippen LogP contribution in [0.1, 0.15) is 32.1 Å². The van der Waals surface area contributed by atoms with E-state index in [0.717, 1.165) is 39.1 Å². The molecule has 0 aromatic carbocycles. The SMILES string of the molecule is COCC1CCN(CCC(NC2CC2)C(=O)O)CC1. The van der Waals surface area contributed by atoms with Crippen molar-refractivity contribution in [1.82, 2.24) is 10.2 Å². The van der Waals surface area contributed by atoms with Crippen molar-refractivity contribution in [1.29, 1.82) is 0 Å². The molecule has 0 spiro atoms. The van der Waals surface area contributed by atoms with Gasteiger partial charge in [0.1, 0.15) is 6.04 Å². The minimum Gasteiger partial charge on any atom is -0.480 e. The van der Waals surface area contributed by atoms with E-state index in [-0.39, 0.29) is 6.04 Å². The van der Waals surface area contributed by atoms with Crippen molar-refractivity contribution in [3.05, 3.63) is 0 Å². The molecular weight excluding hydrogens is 244 g/mol.